The SMILES string of the molecule is NC(=NO)C1CCCN(C(=O)c2ccc(Cl)cc2F)C1. The maximum absolute atomic E-state index is 13.8. The molecule has 1 aliphatic rings. The largest absolute Gasteiger partial charge is 0.409 e. The summed E-state index contributed by atoms with van der Waals surface area (Å²) in [6, 6.07) is 3.95. The van der Waals surface area contributed by atoms with Crippen LogP contribution in [-0.2, 0) is 0 Å². The zero-order valence-electron chi connectivity index (χ0n) is 10.7. The van der Waals surface area contributed by atoms with Gasteiger partial charge < -0.3 is 15.8 Å². The zero-order chi connectivity index (χ0) is 14.7. The van der Waals surface area contributed by atoms with Gasteiger partial charge in [-0.1, -0.05) is 16.8 Å². The molecule has 1 unspecified atom stereocenters. The van der Waals surface area contributed by atoms with Gasteiger partial charge in [-0.2, -0.15) is 0 Å². The Hall–Kier alpha value is -1.82. The number of nitrogens with two attached hydrogens (primary N) is 1. The molecule has 1 atom stereocenters. The Bertz CT molecular complexity index is 550. The van der Waals surface area contributed by atoms with Crippen LogP contribution in [0, 0.1) is 11.7 Å². The minimum absolute atomic E-state index is 0.0189. The van der Waals surface area contributed by atoms with Crippen LogP contribution in [0.15, 0.2) is 23.4 Å². The second kappa shape index (κ2) is 6.09. The number of hydrogen-bond donors (Lipinski definition) is 2. The first-order valence-corrected chi connectivity index (χ1v) is 6.62. The molecular formula is C13H15ClFN3O2. The Kier molecular flexibility index (Phi) is 4.44. The van der Waals surface area contributed by atoms with Crippen molar-refractivity contribution in [2.75, 3.05) is 13.1 Å². The quantitative estimate of drug-likeness (QED) is 0.380. The molecule has 0 spiro atoms. The van der Waals surface area contributed by atoms with Gasteiger partial charge in [0.25, 0.3) is 5.91 Å². The smallest absolute Gasteiger partial charge is 0.256 e. The first-order valence-electron chi connectivity index (χ1n) is 6.24. The van der Waals surface area contributed by atoms with Crippen LogP contribution in [0.4, 0.5) is 4.39 Å². The molecule has 1 heterocycles. The van der Waals surface area contributed by atoms with Gasteiger partial charge in [0.15, 0.2) is 0 Å². The van der Waals surface area contributed by atoms with E-state index in [0.717, 1.165) is 18.9 Å². The summed E-state index contributed by atoms with van der Waals surface area (Å²) in [5.74, 6) is -1.16. The van der Waals surface area contributed by atoms with Crippen LogP contribution in [0.2, 0.25) is 5.02 Å². The van der Waals surface area contributed by atoms with Crippen LogP contribution in [0.3, 0.4) is 0 Å². The minimum atomic E-state index is -0.645. The molecule has 2 rings (SSSR count). The molecule has 108 valence electrons. The Morgan fingerprint density at radius 3 is 2.95 bits per heavy atom. The third kappa shape index (κ3) is 3.01. The number of carbonyl (C=O) groups is 1. The number of hydrogen-bond acceptors (Lipinski definition) is 3. The topological polar surface area (TPSA) is 78.9 Å². The summed E-state index contributed by atoms with van der Waals surface area (Å²) in [6.45, 7) is 0.840. The summed E-state index contributed by atoms with van der Waals surface area (Å²) in [4.78, 5) is 13.8. The molecule has 3 N–H and O–H groups in total. The third-order valence-electron chi connectivity index (χ3n) is 3.40. The van der Waals surface area contributed by atoms with Gasteiger partial charge in [-0.3, -0.25) is 4.79 Å². The summed E-state index contributed by atoms with van der Waals surface area (Å²) < 4.78 is 13.8. The number of nitrogens with zero attached hydrogens (tertiary/aromatic N) is 2. The predicted molar refractivity (Wildman–Crippen MR) is 73.4 cm³/mol. The number of rotatable bonds is 2. The lowest BCUT2D eigenvalue weighted by molar-refractivity contribution is 0.0696. The molecule has 0 aliphatic carbocycles. The average Bonchev–Trinajstić information content (AvgIpc) is 2.46. The first-order chi connectivity index (χ1) is 9.52. The summed E-state index contributed by atoms with van der Waals surface area (Å²) in [5.41, 5.74) is 5.55. The Morgan fingerprint density at radius 2 is 2.30 bits per heavy atom. The molecule has 0 saturated carbocycles. The molecule has 5 nitrogen and oxygen atoms in total. The number of amides is 1. The van der Waals surface area contributed by atoms with Crippen molar-refractivity contribution in [1.82, 2.24) is 4.90 Å². The standard InChI is InChI=1S/C13H15ClFN3O2/c14-9-3-4-10(11(15)6-9)13(19)18-5-1-2-8(7-18)12(16)17-20/h3-4,6,8,20H,1-2,5,7H2,(H2,16,17). The highest BCUT2D eigenvalue weighted by Crippen LogP contribution is 2.21. The summed E-state index contributed by atoms with van der Waals surface area (Å²) >= 11 is 5.67. The molecular weight excluding hydrogens is 285 g/mol. The van der Waals surface area contributed by atoms with E-state index in [1.807, 2.05) is 0 Å². The zero-order valence-corrected chi connectivity index (χ0v) is 11.5. The molecule has 7 heteroatoms. The number of piperidine rings is 1. The van der Waals surface area contributed by atoms with Crippen molar-refractivity contribution in [3.05, 3.63) is 34.6 Å². The molecule has 0 aromatic heterocycles. The van der Waals surface area contributed by atoms with E-state index in [-0.39, 0.29) is 22.3 Å². The van der Waals surface area contributed by atoms with Crippen molar-refractivity contribution in [2.24, 2.45) is 16.8 Å². The van der Waals surface area contributed by atoms with Gasteiger partial charge in [-0.05, 0) is 31.0 Å². The molecule has 20 heavy (non-hydrogen) atoms. The highest BCUT2D eigenvalue weighted by molar-refractivity contribution is 6.30. The fraction of sp³-hybridized carbons (Fsp3) is 0.385. The van der Waals surface area contributed by atoms with Crippen molar-refractivity contribution in [1.29, 1.82) is 0 Å². The van der Waals surface area contributed by atoms with E-state index in [4.69, 9.17) is 22.5 Å². The normalized spacial score (nSPS) is 20.0. The summed E-state index contributed by atoms with van der Waals surface area (Å²) in [6.07, 6.45) is 1.46. The second-order valence-electron chi connectivity index (χ2n) is 4.74. The van der Waals surface area contributed by atoms with Gasteiger partial charge >= 0.3 is 0 Å². The molecule has 1 aliphatic heterocycles. The lowest BCUT2D eigenvalue weighted by Crippen LogP contribution is -2.44. The van der Waals surface area contributed by atoms with E-state index >= 15 is 0 Å². The van der Waals surface area contributed by atoms with Crippen molar-refractivity contribution >= 4 is 23.3 Å². The van der Waals surface area contributed by atoms with E-state index < -0.39 is 11.7 Å². The number of carbonyl (C=O) groups excluding carboxylic acids is 1. The van der Waals surface area contributed by atoms with E-state index in [1.54, 1.807) is 0 Å². The van der Waals surface area contributed by atoms with Gasteiger partial charge in [-0.15, -0.1) is 0 Å². The van der Waals surface area contributed by atoms with Crippen LogP contribution in [0.1, 0.15) is 23.2 Å². The Morgan fingerprint density at radius 1 is 1.55 bits per heavy atom. The molecule has 1 saturated heterocycles. The van der Waals surface area contributed by atoms with Crippen molar-refractivity contribution in [3.63, 3.8) is 0 Å². The monoisotopic (exact) mass is 299 g/mol. The fourth-order valence-electron chi connectivity index (χ4n) is 2.32. The van der Waals surface area contributed by atoms with Gasteiger partial charge in [0.1, 0.15) is 11.7 Å². The van der Waals surface area contributed by atoms with Crippen molar-refractivity contribution in [2.45, 2.75) is 12.8 Å². The fourth-order valence-corrected chi connectivity index (χ4v) is 2.48. The first kappa shape index (κ1) is 14.6. The highest BCUT2D eigenvalue weighted by Gasteiger charge is 2.28. The summed E-state index contributed by atoms with van der Waals surface area (Å²) in [5, 5.41) is 11.9. The van der Waals surface area contributed by atoms with Crippen LogP contribution in [-0.4, -0.2) is 34.9 Å². The van der Waals surface area contributed by atoms with Crippen LogP contribution < -0.4 is 5.73 Å². The van der Waals surface area contributed by atoms with E-state index in [2.05, 4.69) is 5.16 Å². The molecule has 0 radical (unpaired) electrons. The molecule has 1 aromatic rings. The molecule has 1 amide bonds. The number of oxime groups is 1. The maximum Gasteiger partial charge on any atom is 0.256 e. The van der Waals surface area contributed by atoms with Gasteiger partial charge in [0, 0.05) is 24.0 Å². The van der Waals surface area contributed by atoms with Crippen LogP contribution in [0.5, 0.6) is 0 Å². The van der Waals surface area contributed by atoms with Crippen molar-refractivity contribution < 1.29 is 14.4 Å². The van der Waals surface area contributed by atoms with E-state index in [1.165, 1.54) is 17.0 Å². The molecule has 1 aromatic carbocycles. The lowest BCUT2D eigenvalue weighted by atomic mass is 9.96. The van der Waals surface area contributed by atoms with Crippen LogP contribution >= 0.6 is 11.6 Å². The second-order valence-corrected chi connectivity index (χ2v) is 5.18. The number of likely N-dealkylation sites (tertiary alicyclic amines) is 1. The van der Waals surface area contributed by atoms with E-state index in [0.29, 0.717) is 13.1 Å². The Labute approximate surface area is 120 Å². The predicted octanol–water partition coefficient (Wildman–Crippen LogP) is 2.08. The Balaban J connectivity index is 2.16. The number of benzene rings is 1. The van der Waals surface area contributed by atoms with Gasteiger partial charge in [0.2, 0.25) is 0 Å². The van der Waals surface area contributed by atoms with Crippen LogP contribution in [0.25, 0.3) is 0 Å². The highest BCUT2D eigenvalue weighted by atomic mass is 35.5. The maximum atomic E-state index is 13.8. The lowest BCUT2D eigenvalue weighted by Gasteiger charge is -2.32. The molecule has 1 fully saturated rings. The van der Waals surface area contributed by atoms with Crippen molar-refractivity contribution in [3.8, 4) is 0 Å². The van der Waals surface area contributed by atoms with Gasteiger partial charge in [-0.25, -0.2) is 4.39 Å². The number of halogens is 2. The molecule has 0 bridgehead atoms. The number of amidine groups is 1. The minimum Gasteiger partial charge on any atom is -0.409 e. The summed E-state index contributed by atoms with van der Waals surface area (Å²) in [7, 11) is 0. The third-order valence-corrected chi connectivity index (χ3v) is 3.64. The van der Waals surface area contributed by atoms with E-state index in [9.17, 15) is 9.18 Å². The van der Waals surface area contributed by atoms with Gasteiger partial charge in [0.05, 0.1) is 5.56 Å². The average molecular weight is 300 g/mol.